The molecule has 6 nitrogen and oxygen atoms in total. The number of methoxy groups -OCH3 is 1. The molecule has 3 atom stereocenters. The van der Waals surface area contributed by atoms with Crippen molar-refractivity contribution in [1.82, 2.24) is 4.90 Å². The van der Waals surface area contributed by atoms with Crippen molar-refractivity contribution < 1.29 is 23.8 Å². The topological polar surface area (TPSA) is 65.1 Å². The van der Waals surface area contributed by atoms with Gasteiger partial charge in [-0.1, -0.05) is 12.8 Å². The summed E-state index contributed by atoms with van der Waals surface area (Å²) in [6.07, 6.45) is 9.12. The van der Waals surface area contributed by atoms with Gasteiger partial charge < -0.3 is 14.2 Å². The van der Waals surface area contributed by atoms with Gasteiger partial charge in [0.2, 0.25) is 0 Å². The highest BCUT2D eigenvalue weighted by Crippen LogP contribution is 2.41. The van der Waals surface area contributed by atoms with E-state index in [1.165, 1.54) is 26.4 Å². The van der Waals surface area contributed by atoms with Crippen LogP contribution in [0.25, 0.3) is 0 Å². The van der Waals surface area contributed by atoms with Crippen LogP contribution in [0.1, 0.15) is 78.6 Å². The van der Waals surface area contributed by atoms with Crippen LogP contribution in [0.5, 0.6) is 0 Å². The van der Waals surface area contributed by atoms with Gasteiger partial charge in [0.1, 0.15) is 5.60 Å². The van der Waals surface area contributed by atoms with Crippen molar-refractivity contribution >= 4 is 12.1 Å². The number of hydrogen-bond donors (Lipinski definition) is 0. The zero-order valence-electron chi connectivity index (χ0n) is 17.9. The molecular weight excluding hydrogens is 358 g/mol. The van der Waals surface area contributed by atoms with Gasteiger partial charge in [0.15, 0.2) is 0 Å². The van der Waals surface area contributed by atoms with Crippen LogP contribution >= 0.6 is 0 Å². The molecule has 0 aromatic rings. The molecule has 28 heavy (non-hydrogen) atoms. The molecule has 1 aliphatic heterocycles. The third kappa shape index (κ3) is 5.19. The van der Waals surface area contributed by atoms with Crippen LogP contribution in [0.3, 0.4) is 0 Å². The average Bonchev–Trinajstić information content (AvgIpc) is 3.03. The lowest BCUT2D eigenvalue weighted by Crippen LogP contribution is -2.47. The Bertz CT molecular complexity index is 550. The Labute approximate surface area is 169 Å². The molecule has 0 N–H and O–H groups in total. The van der Waals surface area contributed by atoms with Crippen molar-refractivity contribution in [2.75, 3.05) is 13.7 Å². The predicted molar refractivity (Wildman–Crippen MR) is 106 cm³/mol. The molecule has 3 aliphatic rings. The summed E-state index contributed by atoms with van der Waals surface area (Å²) in [5.41, 5.74) is -0.485. The number of nitrogens with zero attached hydrogens (tertiary/aromatic N) is 1. The average molecular weight is 396 g/mol. The van der Waals surface area contributed by atoms with Gasteiger partial charge in [-0.2, -0.15) is 0 Å². The number of fused-ring (bicyclic) bond motifs is 1. The standard InChI is InChI=1S/C22H37NO5/c1-22(2,3)28-21(25)23-17(13-16-7-5-6-8-19(16)23)14-27-18-11-9-15(10-12-18)20(24)26-4/h15-19H,5-14H2,1-4H3/t15-,16?,17-,18+,19?/m0/s1. The highest BCUT2D eigenvalue weighted by Gasteiger charge is 2.46. The van der Waals surface area contributed by atoms with Gasteiger partial charge in [-0.25, -0.2) is 4.79 Å². The minimum atomic E-state index is -0.485. The van der Waals surface area contributed by atoms with Crippen LogP contribution in [0.15, 0.2) is 0 Å². The molecular formula is C22H37NO5. The van der Waals surface area contributed by atoms with E-state index in [2.05, 4.69) is 0 Å². The molecule has 2 saturated carbocycles. The normalized spacial score (nSPS) is 33.3. The van der Waals surface area contributed by atoms with Crippen LogP contribution in [-0.4, -0.2) is 54.5 Å². The lowest BCUT2D eigenvalue weighted by atomic mass is 9.85. The Balaban J connectivity index is 1.56. The second-order valence-electron chi connectivity index (χ2n) is 9.72. The summed E-state index contributed by atoms with van der Waals surface area (Å²) in [4.78, 5) is 26.6. The molecule has 1 amide bonds. The first kappa shape index (κ1) is 21.4. The van der Waals surface area contributed by atoms with Gasteiger partial charge in [0, 0.05) is 6.04 Å². The Morgan fingerprint density at radius 2 is 1.68 bits per heavy atom. The van der Waals surface area contributed by atoms with Crippen LogP contribution in [0, 0.1) is 11.8 Å². The summed E-state index contributed by atoms with van der Waals surface area (Å²) < 4.78 is 16.8. The molecule has 6 heteroatoms. The molecule has 160 valence electrons. The van der Waals surface area contributed by atoms with Crippen molar-refractivity contribution in [2.24, 2.45) is 11.8 Å². The van der Waals surface area contributed by atoms with E-state index >= 15 is 0 Å². The van der Waals surface area contributed by atoms with E-state index in [-0.39, 0.29) is 30.1 Å². The summed E-state index contributed by atoms with van der Waals surface area (Å²) >= 11 is 0. The summed E-state index contributed by atoms with van der Waals surface area (Å²) in [5.74, 6) is 0.483. The maximum absolute atomic E-state index is 12.9. The van der Waals surface area contributed by atoms with Gasteiger partial charge >= 0.3 is 12.1 Å². The third-order valence-electron chi connectivity index (χ3n) is 6.53. The van der Waals surface area contributed by atoms with Crippen molar-refractivity contribution in [3.8, 4) is 0 Å². The van der Waals surface area contributed by atoms with Gasteiger partial charge in [-0.15, -0.1) is 0 Å². The molecule has 0 bridgehead atoms. The minimum Gasteiger partial charge on any atom is -0.469 e. The fourth-order valence-corrected chi connectivity index (χ4v) is 5.19. The summed E-state index contributed by atoms with van der Waals surface area (Å²) in [6.45, 7) is 6.33. The first-order valence-corrected chi connectivity index (χ1v) is 11.0. The quantitative estimate of drug-likeness (QED) is 0.664. The lowest BCUT2D eigenvalue weighted by Gasteiger charge is -2.36. The van der Waals surface area contributed by atoms with Gasteiger partial charge in [-0.3, -0.25) is 9.69 Å². The maximum Gasteiger partial charge on any atom is 0.410 e. The maximum atomic E-state index is 12.9. The number of rotatable bonds is 4. The van der Waals surface area contributed by atoms with Crippen molar-refractivity contribution in [3.05, 3.63) is 0 Å². The smallest absolute Gasteiger partial charge is 0.410 e. The number of ether oxygens (including phenoxy) is 3. The molecule has 3 fully saturated rings. The van der Waals surface area contributed by atoms with Gasteiger partial charge in [0.05, 0.1) is 31.8 Å². The van der Waals surface area contributed by atoms with Gasteiger partial charge in [-0.05, 0) is 71.6 Å². The Kier molecular flexibility index (Phi) is 6.89. The number of hydrogen-bond acceptors (Lipinski definition) is 5. The second kappa shape index (κ2) is 9.02. The van der Waals surface area contributed by atoms with Crippen LogP contribution in [-0.2, 0) is 19.0 Å². The Morgan fingerprint density at radius 3 is 2.32 bits per heavy atom. The van der Waals surface area contributed by atoms with Crippen molar-refractivity contribution in [3.63, 3.8) is 0 Å². The molecule has 2 unspecified atom stereocenters. The first-order chi connectivity index (χ1) is 13.3. The number of esters is 1. The van der Waals surface area contributed by atoms with E-state index < -0.39 is 5.60 Å². The third-order valence-corrected chi connectivity index (χ3v) is 6.53. The van der Waals surface area contributed by atoms with Crippen LogP contribution in [0.2, 0.25) is 0 Å². The number of likely N-dealkylation sites (tertiary alicyclic amines) is 1. The zero-order valence-corrected chi connectivity index (χ0v) is 17.9. The largest absolute Gasteiger partial charge is 0.469 e. The van der Waals surface area contributed by atoms with E-state index in [1.54, 1.807) is 0 Å². The minimum absolute atomic E-state index is 0.0115. The molecule has 0 spiro atoms. The summed E-state index contributed by atoms with van der Waals surface area (Å²) in [7, 11) is 1.45. The van der Waals surface area contributed by atoms with Crippen LogP contribution < -0.4 is 0 Å². The fourth-order valence-electron chi connectivity index (χ4n) is 5.19. The fraction of sp³-hybridized carbons (Fsp3) is 0.909. The van der Waals surface area contributed by atoms with Crippen molar-refractivity contribution in [1.29, 1.82) is 0 Å². The summed E-state index contributed by atoms with van der Waals surface area (Å²) in [6, 6.07) is 0.397. The second-order valence-corrected chi connectivity index (χ2v) is 9.72. The molecule has 2 aliphatic carbocycles. The van der Waals surface area contributed by atoms with E-state index in [0.717, 1.165) is 38.5 Å². The molecule has 1 heterocycles. The van der Waals surface area contributed by atoms with E-state index in [4.69, 9.17) is 14.2 Å². The Morgan fingerprint density at radius 1 is 1.00 bits per heavy atom. The summed E-state index contributed by atoms with van der Waals surface area (Å²) in [5, 5.41) is 0. The lowest BCUT2D eigenvalue weighted by molar-refractivity contribution is -0.147. The molecule has 0 aromatic carbocycles. The highest BCUT2D eigenvalue weighted by molar-refractivity contribution is 5.72. The van der Waals surface area contributed by atoms with Gasteiger partial charge in [0.25, 0.3) is 0 Å². The van der Waals surface area contributed by atoms with E-state index in [0.29, 0.717) is 18.6 Å². The highest BCUT2D eigenvalue weighted by atomic mass is 16.6. The predicted octanol–water partition coefficient (Wildman–Crippen LogP) is 4.30. The molecule has 0 radical (unpaired) electrons. The Hall–Kier alpha value is -1.30. The number of carbonyl (C=O) groups is 2. The SMILES string of the molecule is COC(=O)[C@H]1CC[C@@H](OC[C@@H]2CC3CCCCC3N2C(=O)OC(C)(C)C)CC1. The number of carbonyl (C=O) groups excluding carboxylic acids is 2. The molecule has 3 rings (SSSR count). The number of amides is 1. The molecule has 1 saturated heterocycles. The van der Waals surface area contributed by atoms with Crippen molar-refractivity contribution in [2.45, 2.75) is 102 Å². The van der Waals surface area contributed by atoms with Crippen LogP contribution in [0.4, 0.5) is 4.79 Å². The monoisotopic (exact) mass is 395 g/mol. The molecule has 0 aromatic heterocycles. The first-order valence-electron chi connectivity index (χ1n) is 11.0. The van der Waals surface area contributed by atoms with E-state index in [9.17, 15) is 9.59 Å². The zero-order chi connectivity index (χ0) is 20.3. The van der Waals surface area contributed by atoms with E-state index in [1.807, 2.05) is 25.7 Å².